The second kappa shape index (κ2) is 5.21. The quantitative estimate of drug-likeness (QED) is 0.899. The highest BCUT2D eigenvalue weighted by molar-refractivity contribution is 5.46. The lowest BCUT2D eigenvalue weighted by Crippen LogP contribution is -2.03. The van der Waals surface area contributed by atoms with Crippen molar-refractivity contribution >= 4 is 5.82 Å². The van der Waals surface area contributed by atoms with Crippen molar-refractivity contribution in [2.75, 3.05) is 11.9 Å². The number of nitrogens with zero attached hydrogens (tertiary/aromatic N) is 3. The molecular weight excluding hydrogens is 224 g/mol. The number of pyridine rings is 1. The minimum atomic E-state index is 0.869. The molecule has 0 aliphatic rings. The van der Waals surface area contributed by atoms with Crippen molar-refractivity contribution in [3.8, 4) is 5.69 Å². The molecule has 4 nitrogen and oxygen atoms in total. The Balaban J connectivity index is 2.45. The SMILES string of the molecule is CCNc1cc(-n2nc(C)c(CC)c2C)ccn1. The van der Waals surface area contributed by atoms with Crippen LogP contribution in [-0.2, 0) is 6.42 Å². The molecule has 0 saturated carbocycles. The summed E-state index contributed by atoms with van der Waals surface area (Å²) in [4.78, 5) is 4.28. The van der Waals surface area contributed by atoms with E-state index in [2.05, 4.69) is 43.1 Å². The predicted molar refractivity (Wildman–Crippen MR) is 74.4 cm³/mol. The number of rotatable bonds is 4. The van der Waals surface area contributed by atoms with Gasteiger partial charge in [-0.2, -0.15) is 5.10 Å². The Morgan fingerprint density at radius 2 is 2.06 bits per heavy atom. The van der Waals surface area contributed by atoms with E-state index in [1.54, 1.807) is 0 Å². The smallest absolute Gasteiger partial charge is 0.128 e. The lowest BCUT2D eigenvalue weighted by molar-refractivity contribution is 0.830. The summed E-state index contributed by atoms with van der Waals surface area (Å²) in [6.45, 7) is 9.28. The molecule has 0 aromatic carbocycles. The van der Waals surface area contributed by atoms with Gasteiger partial charge in [0.25, 0.3) is 0 Å². The Morgan fingerprint density at radius 3 is 2.67 bits per heavy atom. The van der Waals surface area contributed by atoms with Gasteiger partial charge in [0.05, 0.1) is 11.4 Å². The molecule has 0 aliphatic heterocycles. The van der Waals surface area contributed by atoms with E-state index in [4.69, 9.17) is 0 Å². The topological polar surface area (TPSA) is 42.7 Å². The van der Waals surface area contributed by atoms with Crippen molar-refractivity contribution < 1.29 is 0 Å². The van der Waals surface area contributed by atoms with E-state index < -0.39 is 0 Å². The summed E-state index contributed by atoms with van der Waals surface area (Å²) in [5.41, 5.74) is 4.71. The molecular formula is C14H20N4. The number of hydrogen-bond donors (Lipinski definition) is 1. The molecule has 0 bridgehead atoms. The maximum Gasteiger partial charge on any atom is 0.128 e. The second-order valence-electron chi connectivity index (χ2n) is 4.34. The van der Waals surface area contributed by atoms with Crippen LogP contribution >= 0.6 is 0 Å². The van der Waals surface area contributed by atoms with Gasteiger partial charge in [-0.05, 0) is 38.8 Å². The largest absolute Gasteiger partial charge is 0.370 e. The van der Waals surface area contributed by atoms with Gasteiger partial charge in [0, 0.05) is 24.5 Å². The van der Waals surface area contributed by atoms with Gasteiger partial charge in [-0.25, -0.2) is 9.67 Å². The molecule has 0 saturated heterocycles. The maximum absolute atomic E-state index is 4.61. The van der Waals surface area contributed by atoms with E-state index in [0.29, 0.717) is 0 Å². The maximum atomic E-state index is 4.61. The molecule has 0 radical (unpaired) electrons. The highest BCUT2D eigenvalue weighted by atomic mass is 15.3. The first-order chi connectivity index (χ1) is 8.67. The van der Waals surface area contributed by atoms with Gasteiger partial charge in [0.1, 0.15) is 5.82 Å². The summed E-state index contributed by atoms with van der Waals surface area (Å²) < 4.78 is 2.00. The van der Waals surface area contributed by atoms with Gasteiger partial charge in [-0.1, -0.05) is 6.92 Å². The van der Waals surface area contributed by atoms with E-state index in [-0.39, 0.29) is 0 Å². The van der Waals surface area contributed by atoms with Gasteiger partial charge in [0.2, 0.25) is 0 Å². The van der Waals surface area contributed by atoms with Gasteiger partial charge in [-0.15, -0.1) is 0 Å². The van der Waals surface area contributed by atoms with Crippen molar-refractivity contribution in [2.45, 2.75) is 34.1 Å². The van der Waals surface area contributed by atoms with Crippen molar-refractivity contribution in [3.05, 3.63) is 35.3 Å². The van der Waals surface area contributed by atoms with Gasteiger partial charge in [-0.3, -0.25) is 0 Å². The van der Waals surface area contributed by atoms with Crippen LogP contribution in [0.4, 0.5) is 5.82 Å². The molecule has 2 rings (SSSR count). The van der Waals surface area contributed by atoms with Crippen LogP contribution in [0.15, 0.2) is 18.3 Å². The normalized spacial score (nSPS) is 10.7. The van der Waals surface area contributed by atoms with Crippen LogP contribution in [0, 0.1) is 13.8 Å². The number of aromatic nitrogens is 3. The van der Waals surface area contributed by atoms with Crippen LogP contribution in [0.1, 0.15) is 30.8 Å². The first-order valence-corrected chi connectivity index (χ1v) is 6.42. The molecule has 0 aliphatic carbocycles. The first kappa shape index (κ1) is 12.6. The summed E-state index contributed by atoms with van der Waals surface area (Å²) in [5.74, 6) is 0.889. The number of aryl methyl sites for hydroxylation is 1. The van der Waals surface area contributed by atoms with Crippen molar-refractivity contribution in [3.63, 3.8) is 0 Å². The molecule has 0 atom stereocenters. The van der Waals surface area contributed by atoms with Crippen molar-refractivity contribution in [1.29, 1.82) is 0 Å². The van der Waals surface area contributed by atoms with Crippen LogP contribution in [0.2, 0.25) is 0 Å². The molecule has 2 aromatic heterocycles. The lowest BCUT2D eigenvalue weighted by atomic mass is 10.1. The van der Waals surface area contributed by atoms with E-state index in [0.717, 1.165) is 30.2 Å². The zero-order chi connectivity index (χ0) is 13.1. The summed E-state index contributed by atoms with van der Waals surface area (Å²) in [7, 11) is 0. The fraction of sp³-hybridized carbons (Fsp3) is 0.429. The van der Waals surface area contributed by atoms with E-state index in [1.807, 2.05) is 23.0 Å². The predicted octanol–water partition coefficient (Wildman–Crippen LogP) is 2.88. The Bertz CT molecular complexity index is 543. The molecule has 4 heteroatoms. The Labute approximate surface area is 108 Å². The monoisotopic (exact) mass is 244 g/mol. The molecule has 18 heavy (non-hydrogen) atoms. The summed E-state index contributed by atoms with van der Waals surface area (Å²) in [6, 6.07) is 4.02. The van der Waals surface area contributed by atoms with Crippen LogP contribution in [0.25, 0.3) is 5.69 Å². The minimum absolute atomic E-state index is 0.869. The molecule has 0 amide bonds. The van der Waals surface area contributed by atoms with Crippen molar-refractivity contribution in [2.24, 2.45) is 0 Å². The third kappa shape index (κ3) is 2.23. The average molecular weight is 244 g/mol. The molecule has 96 valence electrons. The van der Waals surface area contributed by atoms with Crippen LogP contribution in [-0.4, -0.2) is 21.3 Å². The molecule has 2 heterocycles. The third-order valence-electron chi connectivity index (χ3n) is 3.14. The minimum Gasteiger partial charge on any atom is -0.370 e. The average Bonchev–Trinajstić information content (AvgIpc) is 2.65. The molecule has 1 N–H and O–H groups in total. The first-order valence-electron chi connectivity index (χ1n) is 6.42. The van der Waals surface area contributed by atoms with Gasteiger partial charge < -0.3 is 5.32 Å². The zero-order valence-corrected chi connectivity index (χ0v) is 11.5. The molecule has 0 fully saturated rings. The summed E-state index contributed by atoms with van der Waals surface area (Å²) >= 11 is 0. The number of nitrogens with one attached hydrogen (secondary N) is 1. The van der Waals surface area contributed by atoms with Crippen LogP contribution in [0.5, 0.6) is 0 Å². The Kier molecular flexibility index (Phi) is 3.65. The molecule has 0 unspecified atom stereocenters. The van der Waals surface area contributed by atoms with E-state index in [1.165, 1.54) is 11.3 Å². The fourth-order valence-electron chi connectivity index (χ4n) is 2.27. The lowest BCUT2D eigenvalue weighted by Gasteiger charge is -2.07. The van der Waals surface area contributed by atoms with Crippen molar-refractivity contribution in [1.82, 2.24) is 14.8 Å². The fourth-order valence-corrected chi connectivity index (χ4v) is 2.27. The van der Waals surface area contributed by atoms with Gasteiger partial charge in [0.15, 0.2) is 0 Å². The van der Waals surface area contributed by atoms with Gasteiger partial charge >= 0.3 is 0 Å². The number of hydrogen-bond acceptors (Lipinski definition) is 3. The zero-order valence-electron chi connectivity index (χ0n) is 11.5. The molecule has 0 spiro atoms. The third-order valence-corrected chi connectivity index (χ3v) is 3.14. The Morgan fingerprint density at radius 1 is 1.28 bits per heavy atom. The Hall–Kier alpha value is -1.84. The summed E-state index contributed by atoms with van der Waals surface area (Å²) in [5, 5.41) is 7.83. The van der Waals surface area contributed by atoms with Crippen LogP contribution < -0.4 is 5.32 Å². The van der Waals surface area contributed by atoms with Crippen LogP contribution in [0.3, 0.4) is 0 Å². The molecule has 2 aromatic rings. The number of anilines is 1. The summed E-state index contributed by atoms with van der Waals surface area (Å²) in [6.07, 6.45) is 2.83. The highest BCUT2D eigenvalue weighted by Crippen LogP contribution is 2.19. The van der Waals surface area contributed by atoms with E-state index >= 15 is 0 Å². The highest BCUT2D eigenvalue weighted by Gasteiger charge is 2.11. The standard InChI is InChI=1S/C14H20N4/c1-5-13-10(3)17-18(11(13)4)12-7-8-16-14(9-12)15-6-2/h7-9H,5-6H2,1-4H3,(H,15,16). The second-order valence-corrected chi connectivity index (χ2v) is 4.34. The van der Waals surface area contributed by atoms with E-state index in [9.17, 15) is 0 Å².